The molecule has 0 bridgehead atoms. The smallest absolute Gasteiger partial charge is 0.412 e. The highest BCUT2D eigenvalue weighted by Gasteiger charge is 2.51. The highest BCUT2D eigenvalue weighted by Crippen LogP contribution is 2.48. The molecule has 1 aliphatic carbocycles. The first-order valence-electron chi connectivity index (χ1n) is 11.7. The number of alkyl carbamates (subject to hydrolysis) is 1. The Balaban J connectivity index is 1.44. The summed E-state index contributed by atoms with van der Waals surface area (Å²) in [6.45, 7) is 3.28. The molecule has 0 aliphatic heterocycles. The van der Waals surface area contributed by atoms with Crippen molar-refractivity contribution in [1.29, 1.82) is 0 Å². The highest BCUT2D eigenvalue weighted by atomic mass is 16.6. The van der Waals surface area contributed by atoms with Gasteiger partial charge in [-0.25, -0.2) is 4.79 Å². The van der Waals surface area contributed by atoms with E-state index in [1.54, 1.807) is 31.2 Å². The first-order valence-corrected chi connectivity index (χ1v) is 11.7. The lowest BCUT2D eigenvalue weighted by Crippen LogP contribution is -2.31. The fraction of sp³-hybridized carbons (Fsp3) is 0.207. The minimum Gasteiger partial charge on any atom is -0.481 e. The van der Waals surface area contributed by atoms with Crippen LogP contribution in [-0.2, 0) is 14.9 Å². The van der Waals surface area contributed by atoms with Crippen LogP contribution in [0.4, 0.5) is 4.79 Å². The average Bonchev–Trinajstić information content (AvgIpc) is 3.70. The van der Waals surface area contributed by atoms with Gasteiger partial charge in [0, 0.05) is 11.3 Å². The minimum absolute atomic E-state index is 0.0410. The largest absolute Gasteiger partial charge is 0.481 e. The molecule has 0 saturated heterocycles. The summed E-state index contributed by atoms with van der Waals surface area (Å²) < 4.78 is 5.40. The Morgan fingerprint density at radius 3 is 1.97 bits per heavy atom. The molecule has 4 N–H and O–H groups in total. The molecular formula is C29H28N2O5. The van der Waals surface area contributed by atoms with Crippen LogP contribution in [0.5, 0.6) is 0 Å². The molecule has 36 heavy (non-hydrogen) atoms. The lowest BCUT2D eigenvalue weighted by Gasteiger charge is -2.16. The predicted molar refractivity (Wildman–Crippen MR) is 136 cm³/mol. The van der Waals surface area contributed by atoms with Crippen LogP contribution in [0.1, 0.15) is 54.3 Å². The Labute approximate surface area is 209 Å². The van der Waals surface area contributed by atoms with Gasteiger partial charge in [0.25, 0.3) is 0 Å². The van der Waals surface area contributed by atoms with Crippen molar-refractivity contribution in [3.05, 3.63) is 107 Å². The molecule has 0 aromatic heterocycles. The van der Waals surface area contributed by atoms with Gasteiger partial charge in [0.1, 0.15) is 11.8 Å². The molecule has 3 aromatic carbocycles. The molecule has 1 atom stereocenters. The summed E-state index contributed by atoms with van der Waals surface area (Å²) in [5, 5.41) is 12.0. The number of amides is 1. The number of ether oxygens (including phenoxy) is 1. The predicted octanol–water partition coefficient (Wildman–Crippen LogP) is 5.33. The van der Waals surface area contributed by atoms with E-state index in [1.165, 1.54) is 6.92 Å². The van der Waals surface area contributed by atoms with Crippen LogP contribution < -0.4 is 11.1 Å². The number of carbonyl (C=O) groups excluding carboxylic acids is 2. The summed E-state index contributed by atoms with van der Waals surface area (Å²) >= 11 is 0. The normalized spacial score (nSPS) is 15.3. The summed E-state index contributed by atoms with van der Waals surface area (Å²) in [4.78, 5) is 37.1. The van der Waals surface area contributed by atoms with Crippen LogP contribution in [-0.4, -0.2) is 23.0 Å². The van der Waals surface area contributed by atoms with E-state index in [4.69, 9.17) is 10.5 Å². The number of benzene rings is 3. The standard InChI is InChI=1S/C29H28N2O5/c1-18(30)25(31-28(35)36-19(2)20-6-4-3-5-7-20)26(32)23-10-8-21(9-11-23)22-12-14-24(15-13-22)29(16-17-29)27(33)34/h3-15,19H,16-17,30H2,1-2H3,(H,31,35)(H,33,34)/b25-18+/t19-/m1/s1. The molecule has 7 nitrogen and oxygen atoms in total. The molecule has 3 aromatic rings. The van der Waals surface area contributed by atoms with Crippen molar-refractivity contribution in [1.82, 2.24) is 5.32 Å². The summed E-state index contributed by atoms with van der Waals surface area (Å²) in [6, 6.07) is 23.6. The van der Waals surface area contributed by atoms with Crippen LogP contribution in [0.3, 0.4) is 0 Å². The van der Waals surface area contributed by atoms with Crippen molar-refractivity contribution < 1.29 is 24.2 Å². The Bertz CT molecular complexity index is 1300. The second kappa shape index (κ2) is 10.1. The summed E-state index contributed by atoms with van der Waals surface area (Å²) in [7, 11) is 0. The monoisotopic (exact) mass is 484 g/mol. The maximum atomic E-state index is 13.1. The molecule has 1 fully saturated rings. The molecule has 0 unspecified atom stereocenters. The van der Waals surface area contributed by atoms with Gasteiger partial charge in [0.05, 0.1) is 5.41 Å². The average molecular weight is 485 g/mol. The second-order valence-corrected chi connectivity index (χ2v) is 9.01. The lowest BCUT2D eigenvalue weighted by molar-refractivity contribution is -0.140. The first kappa shape index (κ1) is 24.7. The Morgan fingerprint density at radius 1 is 0.917 bits per heavy atom. The van der Waals surface area contributed by atoms with E-state index < -0.39 is 29.4 Å². The SMILES string of the molecule is C/C(N)=C(\NC(=O)O[C@H](C)c1ccccc1)C(=O)c1ccc(-c2ccc(C3(C(=O)O)CC3)cc2)cc1. The number of nitrogens with one attached hydrogen (secondary N) is 1. The van der Waals surface area contributed by atoms with Gasteiger partial charge >= 0.3 is 12.1 Å². The van der Waals surface area contributed by atoms with Crippen molar-refractivity contribution in [3.8, 4) is 11.1 Å². The third kappa shape index (κ3) is 5.15. The van der Waals surface area contributed by atoms with Crippen LogP contribution in [0.25, 0.3) is 11.1 Å². The van der Waals surface area contributed by atoms with Gasteiger partial charge in [-0.1, -0.05) is 78.9 Å². The van der Waals surface area contributed by atoms with Crippen molar-refractivity contribution in [2.75, 3.05) is 0 Å². The zero-order valence-corrected chi connectivity index (χ0v) is 20.2. The number of nitrogens with two attached hydrogens (primary N) is 1. The Kier molecular flexibility index (Phi) is 6.92. The van der Waals surface area contributed by atoms with Gasteiger partial charge in [-0.05, 0) is 48.9 Å². The van der Waals surface area contributed by atoms with Crippen LogP contribution in [0, 0.1) is 0 Å². The maximum absolute atomic E-state index is 13.1. The van der Waals surface area contributed by atoms with E-state index in [9.17, 15) is 19.5 Å². The van der Waals surface area contributed by atoms with Gasteiger partial charge in [-0.2, -0.15) is 0 Å². The molecule has 0 spiro atoms. The second-order valence-electron chi connectivity index (χ2n) is 9.01. The summed E-state index contributed by atoms with van der Waals surface area (Å²) in [6.07, 6.45) is 0.0335. The number of carboxylic acid groups (broad SMARTS) is 1. The van der Waals surface area contributed by atoms with Gasteiger partial charge in [0.2, 0.25) is 5.78 Å². The first-order chi connectivity index (χ1) is 17.2. The maximum Gasteiger partial charge on any atom is 0.412 e. The fourth-order valence-corrected chi connectivity index (χ4v) is 4.11. The molecule has 184 valence electrons. The van der Waals surface area contributed by atoms with E-state index in [0.29, 0.717) is 18.4 Å². The minimum atomic E-state index is -0.788. The number of carbonyl (C=O) groups is 3. The Hall–Kier alpha value is -4.39. The number of hydrogen-bond donors (Lipinski definition) is 3. The quantitative estimate of drug-likeness (QED) is 0.294. The van der Waals surface area contributed by atoms with Crippen molar-refractivity contribution in [2.45, 2.75) is 38.2 Å². The van der Waals surface area contributed by atoms with Gasteiger partial charge < -0.3 is 15.6 Å². The number of aliphatic carboxylic acids is 1. The molecule has 1 aliphatic rings. The number of hydrogen-bond acceptors (Lipinski definition) is 5. The molecule has 1 amide bonds. The molecule has 1 saturated carbocycles. The third-order valence-electron chi connectivity index (χ3n) is 6.48. The topological polar surface area (TPSA) is 119 Å². The summed E-state index contributed by atoms with van der Waals surface area (Å²) in [5.74, 6) is -1.22. The van der Waals surface area contributed by atoms with E-state index in [1.807, 2.05) is 54.6 Å². The molecular weight excluding hydrogens is 456 g/mol. The fourth-order valence-electron chi connectivity index (χ4n) is 4.11. The van der Waals surface area contributed by atoms with Gasteiger partial charge in [-0.3, -0.25) is 14.9 Å². The van der Waals surface area contributed by atoms with Crippen molar-refractivity contribution >= 4 is 17.8 Å². The molecule has 0 heterocycles. The van der Waals surface area contributed by atoms with E-state index in [0.717, 1.165) is 22.3 Å². The zero-order valence-electron chi connectivity index (χ0n) is 20.2. The third-order valence-corrected chi connectivity index (χ3v) is 6.48. The van der Waals surface area contributed by atoms with Gasteiger partial charge in [-0.15, -0.1) is 0 Å². The van der Waals surface area contributed by atoms with Crippen LogP contribution >= 0.6 is 0 Å². The molecule has 7 heteroatoms. The van der Waals surface area contributed by atoms with Crippen LogP contribution in [0.2, 0.25) is 0 Å². The Morgan fingerprint density at radius 2 is 1.47 bits per heavy atom. The zero-order chi connectivity index (χ0) is 25.9. The van der Waals surface area contributed by atoms with Crippen molar-refractivity contribution in [3.63, 3.8) is 0 Å². The van der Waals surface area contributed by atoms with E-state index >= 15 is 0 Å². The van der Waals surface area contributed by atoms with Gasteiger partial charge in [0.15, 0.2) is 0 Å². The number of carboxylic acids is 1. The number of ketones is 1. The van der Waals surface area contributed by atoms with Crippen molar-refractivity contribution in [2.24, 2.45) is 5.73 Å². The lowest BCUT2D eigenvalue weighted by atomic mass is 9.93. The highest BCUT2D eigenvalue weighted by molar-refractivity contribution is 6.10. The van der Waals surface area contributed by atoms with Crippen LogP contribution in [0.15, 0.2) is 90.3 Å². The van der Waals surface area contributed by atoms with E-state index in [-0.39, 0.29) is 11.4 Å². The number of Topliss-reactive ketones (excluding diaryl/α,β-unsaturated/α-hetero) is 1. The molecule has 4 rings (SSSR count). The number of allylic oxidation sites excluding steroid dienone is 2. The summed E-state index contributed by atoms with van der Waals surface area (Å²) in [5.41, 5.74) is 9.05. The number of rotatable bonds is 8. The molecule has 0 radical (unpaired) electrons. The van der Waals surface area contributed by atoms with E-state index in [2.05, 4.69) is 5.32 Å².